The summed E-state index contributed by atoms with van der Waals surface area (Å²) < 4.78 is 0. The zero-order chi connectivity index (χ0) is 24.5. The number of allylic oxidation sites excluding steroid dienone is 1. The first-order chi connectivity index (χ1) is 16.8. The molecule has 0 radical (unpaired) electrons. The van der Waals surface area contributed by atoms with E-state index in [2.05, 4.69) is 31.9 Å². The maximum Gasteiger partial charge on any atom is 0.256 e. The minimum absolute atomic E-state index is 0.171. The minimum Gasteiger partial charge on any atom is -0.378 e. The number of amides is 1. The molecule has 4 aliphatic carbocycles. The van der Waals surface area contributed by atoms with E-state index in [0.717, 1.165) is 42.6 Å². The second-order valence-corrected chi connectivity index (χ2v) is 13.0. The number of likely N-dealkylation sites (tertiary alicyclic amines) is 1. The lowest BCUT2D eigenvalue weighted by atomic mass is 9.47. The van der Waals surface area contributed by atoms with E-state index in [-0.39, 0.29) is 17.4 Å². The SMILES string of the molecule is C[C@H]1[C@H]2CC[C@H]3[C@@H]4CC=C5C[C@@H](N(C)C(=O)C(O)c6ccccc6)CC[C@]5(C)[C@H]4CC[C@]23CN1C. The Kier molecular flexibility index (Phi) is 5.73. The predicted molar refractivity (Wildman–Crippen MR) is 140 cm³/mol. The Balaban J connectivity index is 1.19. The molecule has 9 atom stereocenters. The lowest BCUT2D eigenvalue weighted by Crippen LogP contribution is -2.53. The zero-order valence-electron chi connectivity index (χ0n) is 22.1. The Bertz CT molecular complexity index is 1010. The number of hydrogen-bond acceptors (Lipinski definition) is 3. The summed E-state index contributed by atoms with van der Waals surface area (Å²) in [7, 11) is 4.25. The Morgan fingerprint density at radius 2 is 1.83 bits per heavy atom. The minimum atomic E-state index is -1.07. The quantitative estimate of drug-likeness (QED) is 0.591. The molecule has 6 rings (SSSR count). The number of benzene rings is 1. The van der Waals surface area contributed by atoms with Crippen molar-refractivity contribution >= 4 is 5.91 Å². The molecule has 4 nitrogen and oxygen atoms in total. The first-order valence-electron chi connectivity index (χ1n) is 14.2. The van der Waals surface area contributed by atoms with Crippen LogP contribution in [0.5, 0.6) is 0 Å². The maximum atomic E-state index is 13.1. The fourth-order valence-electron chi connectivity index (χ4n) is 9.92. The Hall–Kier alpha value is -1.65. The second kappa shape index (κ2) is 8.45. The highest BCUT2D eigenvalue weighted by molar-refractivity contribution is 5.82. The fourth-order valence-corrected chi connectivity index (χ4v) is 9.92. The van der Waals surface area contributed by atoms with Crippen molar-refractivity contribution in [3.05, 3.63) is 47.5 Å². The summed E-state index contributed by atoms with van der Waals surface area (Å²) in [6.07, 6.45) is 11.6. The molecule has 5 aliphatic rings. The van der Waals surface area contributed by atoms with E-state index in [1.165, 1.54) is 45.1 Å². The lowest BCUT2D eigenvalue weighted by molar-refractivity contribution is -0.142. The first kappa shape index (κ1) is 23.7. The third-order valence-electron chi connectivity index (χ3n) is 11.9. The monoisotopic (exact) mass is 476 g/mol. The van der Waals surface area contributed by atoms with Crippen LogP contribution in [0.3, 0.4) is 0 Å². The van der Waals surface area contributed by atoms with Gasteiger partial charge in [-0.1, -0.05) is 48.9 Å². The zero-order valence-corrected chi connectivity index (χ0v) is 22.1. The summed E-state index contributed by atoms with van der Waals surface area (Å²) in [6.45, 7) is 6.35. The highest BCUT2D eigenvalue weighted by Crippen LogP contribution is 2.68. The predicted octanol–water partition coefficient (Wildman–Crippen LogP) is 5.44. The molecule has 1 unspecified atom stereocenters. The van der Waals surface area contributed by atoms with Gasteiger partial charge in [0.1, 0.15) is 0 Å². The number of rotatable bonds is 3. The van der Waals surface area contributed by atoms with Gasteiger partial charge in [0.05, 0.1) is 0 Å². The van der Waals surface area contributed by atoms with Gasteiger partial charge in [0.25, 0.3) is 5.91 Å². The molecule has 1 aromatic rings. The number of nitrogens with zero attached hydrogens (tertiary/aromatic N) is 2. The molecule has 1 aromatic carbocycles. The summed E-state index contributed by atoms with van der Waals surface area (Å²) in [5.41, 5.74) is 3.15. The van der Waals surface area contributed by atoms with Gasteiger partial charge in [-0.3, -0.25) is 4.79 Å². The van der Waals surface area contributed by atoms with Crippen molar-refractivity contribution in [3.8, 4) is 0 Å². The van der Waals surface area contributed by atoms with E-state index >= 15 is 0 Å². The summed E-state index contributed by atoms with van der Waals surface area (Å²) in [5, 5.41) is 10.7. The van der Waals surface area contributed by atoms with E-state index in [4.69, 9.17) is 0 Å². The van der Waals surface area contributed by atoms with Crippen LogP contribution in [0.25, 0.3) is 0 Å². The first-order valence-corrected chi connectivity index (χ1v) is 14.2. The van der Waals surface area contributed by atoms with Crippen LogP contribution in [0.2, 0.25) is 0 Å². The van der Waals surface area contributed by atoms with Crippen molar-refractivity contribution in [2.24, 2.45) is 34.5 Å². The molecule has 190 valence electrons. The van der Waals surface area contributed by atoms with Crippen LogP contribution < -0.4 is 0 Å². The lowest BCUT2D eigenvalue weighted by Gasteiger charge is -2.58. The molecule has 0 bridgehead atoms. The summed E-state index contributed by atoms with van der Waals surface area (Å²) in [4.78, 5) is 17.6. The van der Waals surface area contributed by atoms with Crippen LogP contribution >= 0.6 is 0 Å². The fraction of sp³-hybridized carbons (Fsp3) is 0.710. The van der Waals surface area contributed by atoms with Gasteiger partial charge < -0.3 is 14.9 Å². The van der Waals surface area contributed by atoms with E-state index < -0.39 is 6.10 Å². The normalized spacial score (nSPS) is 43.4. The molecule has 4 fully saturated rings. The number of aliphatic hydroxyl groups excluding tert-OH is 1. The van der Waals surface area contributed by atoms with Crippen molar-refractivity contribution in [2.75, 3.05) is 20.6 Å². The van der Waals surface area contributed by atoms with Crippen molar-refractivity contribution in [1.29, 1.82) is 0 Å². The largest absolute Gasteiger partial charge is 0.378 e. The van der Waals surface area contributed by atoms with E-state index in [9.17, 15) is 9.90 Å². The molecule has 3 saturated carbocycles. The molecule has 0 aromatic heterocycles. The number of fused-ring (bicyclic) bond motifs is 4. The van der Waals surface area contributed by atoms with Crippen LogP contribution in [0.4, 0.5) is 0 Å². The molecule has 35 heavy (non-hydrogen) atoms. The molecule has 1 spiro atoms. The summed E-state index contributed by atoms with van der Waals surface area (Å²) >= 11 is 0. The number of aliphatic hydroxyl groups is 1. The molecular weight excluding hydrogens is 432 g/mol. The summed E-state index contributed by atoms with van der Waals surface area (Å²) in [6, 6.07) is 10.3. The highest BCUT2D eigenvalue weighted by Gasteiger charge is 2.64. The van der Waals surface area contributed by atoms with Crippen LogP contribution in [-0.4, -0.2) is 53.5 Å². The Labute approximate surface area is 211 Å². The van der Waals surface area contributed by atoms with E-state index in [1.807, 2.05) is 42.3 Å². The van der Waals surface area contributed by atoms with Gasteiger partial charge in [-0.15, -0.1) is 0 Å². The third-order valence-corrected chi connectivity index (χ3v) is 11.9. The molecular formula is C31H44N2O2. The smallest absolute Gasteiger partial charge is 0.256 e. The summed E-state index contributed by atoms with van der Waals surface area (Å²) in [5.74, 6) is 3.28. The maximum absolute atomic E-state index is 13.1. The van der Waals surface area contributed by atoms with Crippen molar-refractivity contribution in [3.63, 3.8) is 0 Å². The second-order valence-electron chi connectivity index (χ2n) is 13.0. The van der Waals surface area contributed by atoms with Crippen molar-refractivity contribution in [2.45, 2.75) is 83.4 Å². The molecule has 4 heteroatoms. The molecule has 1 aliphatic heterocycles. The number of hydrogen-bond donors (Lipinski definition) is 1. The van der Waals surface area contributed by atoms with Gasteiger partial charge in [-0.05, 0) is 105 Å². The average molecular weight is 477 g/mol. The van der Waals surface area contributed by atoms with Crippen LogP contribution in [0, 0.1) is 34.5 Å². The van der Waals surface area contributed by atoms with Crippen molar-refractivity contribution < 1.29 is 9.90 Å². The average Bonchev–Trinajstić information content (AvgIpc) is 3.36. The van der Waals surface area contributed by atoms with Crippen molar-refractivity contribution in [1.82, 2.24) is 9.80 Å². The topological polar surface area (TPSA) is 43.8 Å². The molecule has 1 saturated heterocycles. The van der Waals surface area contributed by atoms with E-state index in [1.54, 1.807) is 5.57 Å². The number of carbonyl (C=O) groups is 1. The van der Waals surface area contributed by atoms with Gasteiger partial charge >= 0.3 is 0 Å². The van der Waals surface area contributed by atoms with Gasteiger partial charge in [0.2, 0.25) is 0 Å². The third kappa shape index (κ3) is 3.42. The molecule has 1 N–H and O–H groups in total. The van der Waals surface area contributed by atoms with Crippen LogP contribution in [0.15, 0.2) is 42.0 Å². The van der Waals surface area contributed by atoms with Gasteiger partial charge in [0.15, 0.2) is 6.10 Å². The van der Waals surface area contributed by atoms with Gasteiger partial charge in [-0.2, -0.15) is 0 Å². The number of carbonyl (C=O) groups excluding carboxylic acids is 1. The van der Waals surface area contributed by atoms with Crippen LogP contribution in [-0.2, 0) is 4.79 Å². The highest BCUT2D eigenvalue weighted by atomic mass is 16.3. The molecule has 1 amide bonds. The van der Waals surface area contributed by atoms with Gasteiger partial charge in [0, 0.05) is 25.7 Å². The Morgan fingerprint density at radius 1 is 1.09 bits per heavy atom. The molecule has 1 heterocycles. The Morgan fingerprint density at radius 3 is 2.60 bits per heavy atom. The van der Waals surface area contributed by atoms with Crippen LogP contribution in [0.1, 0.15) is 76.9 Å². The van der Waals surface area contributed by atoms with Gasteiger partial charge in [-0.25, -0.2) is 0 Å². The number of likely N-dealkylation sites (N-methyl/N-ethyl adjacent to an activating group) is 1. The van der Waals surface area contributed by atoms with E-state index in [0.29, 0.717) is 11.0 Å². The standard InChI is InChI=1S/C31H44N2O2/c1-20-25-12-13-27-24-11-10-22-18-23(33(4)29(35)28(34)21-8-6-5-7-9-21)14-16-30(22,2)26(24)15-17-31(25,27)19-32(20)3/h5-10,20,23-28,34H,11-19H2,1-4H3/t20-,23-,24+,25+,26-,27-,28?,30-,31-/m0/s1.